The van der Waals surface area contributed by atoms with Crippen LogP contribution in [0.2, 0.25) is 15.1 Å². The third-order valence-electron chi connectivity index (χ3n) is 4.32. The molecule has 1 heterocycles. The van der Waals surface area contributed by atoms with Gasteiger partial charge in [0.1, 0.15) is 5.52 Å². The van der Waals surface area contributed by atoms with Crippen molar-refractivity contribution in [3.63, 3.8) is 0 Å². The van der Waals surface area contributed by atoms with E-state index < -0.39 is 10.8 Å². The Balaban J connectivity index is 1.54. The highest BCUT2D eigenvalue weighted by molar-refractivity contribution is 6.40. The third-order valence-corrected chi connectivity index (χ3v) is 5.10. The van der Waals surface area contributed by atoms with Gasteiger partial charge in [0.2, 0.25) is 5.89 Å². The minimum atomic E-state index is -0.513. The minimum absolute atomic E-state index is 0.101. The number of benzene rings is 3. The van der Waals surface area contributed by atoms with E-state index in [4.69, 9.17) is 44.0 Å². The van der Waals surface area contributed by atoms with E-state index >= 15 is 0 Å². The Morgan fingerprint density at radius 2 is 1.81 bits per heavy atom. The average Bonchev–Trinajstić information content (AvgIpc) is 3.16. The Bertz CT molecular complexity index is 1330. The lowest BCUT2D eigenvalue weighted by Gasteiger charge is -2.12. The lowest BCUT2D eigenvalue weighted by Crippen LogP contribution is -2.20. The number of hydrogen-bond acceptors (Lipinski definition) is 6. The van der Waals surface area contributed by atoms with Crippen molar-refractivity contribution >= 4 is 63.2 Å². The minimum Gasteiger partial charge on any atom is -0.481 e. The molecule has 32 heavy (non-hydrogen) atoms. The molecular formula is C21H12Cl3N3O5. The Hall–Kier alpha value is -3.33. The van der Waals surface area contributed by atoms with Crippen LogP contribution in [0, 0.1) is 10.1 Å². The number of anilines is 1. The van der Waals surface area contributed by atoms with E-state index in [9.17, 15) is 14.9 Å². The molecule has 1 amide bonds. The summed E-state index contributed by atoms with van der Waals surface area (Å²) in [5.74, 6) is -0.144. The Kier molecular flexibility index (Phi) is 6.18. The molecule has 11 heteroatoms. The van der Waals surface area contributed by atoms with Crippen LogP contribution in [0.15, 0.2) is 59.0 Å². The first-order chi connectivity index (χ1) is 15.3. The summed E-state index contributed by atoms with van der Waals surface area (Å²) in [4.78, 5) is 27.3. The second-order valence-electron chi connectivity index (χ2n) is 6.51. The Morgan fingerprint density at radius 1 is 1.09 bits per heavy atom. The number of rotatable bonds is 6. The number of carbonyl (C=O) groups is 1. The van der Waals surface area contributed by atoms with Crippen LogP contribution in [0.25, 0.3) is 22.6 Å². The van der Waals surface area contributed by atoms with E-state index in [0.717, 1.165) is 0 Å². The highest BCUT2D eigenvalue weighted by atomic mass is 35.5. The molecule has 0 spiro atoms. The second-order valence-corrected chi connectivity index (χ2v) is 7.76. The van der Waals surface area contributed by atoms with Gasteiger partial charge in [0.05, 0.1) is 26.2 Å². The van der Waals surface area contributed by atoms with Crippen molar-refractivity contribution < 1.29 is 18.9 Å². The van der Waals surface area contributed by atoms with Crippen molar-refractivity contribution in [2.75, 3.05) is 11.9 Å². The number of aromatic nitrogens is 1. The summed E-state index contributed by atoms with van der Waals surface area (Å²) in [7, 11) is 0. The van der Waals surface area contributed by atoms with Gasteiger partial charge < -0.3 is 14.5 Å². The molecule has 1 aromatic heterocycles. The van der Waals surface area contributed by atoms with Gasteiger partial charge in [-0.1, -0.05) is 46.9 Å². The number of carbonyl (C=O) groups excluding carboxylic acids is 1. The van der Waals surface area contributed by atoms with Crippen molar-refractivity contribution in [1.29, 1.82) is 0 Å². The van der Waals surface area contributed by atoms with Gasteiger partial charge in [-0.3, -0.25) is 14.9 Å². The number of ether oxygens (including phenoxy) is 1. The molecule has 1 N–H and O–H groups in total. The number of halogens is 3. The molecule has 0 atom stereocenters. The van der Waals surface area contributed by atoms with E-state index in [0.29, 0.717) is 27.4 Å². The van der Waals surface area contributed by atoms with Gasteiger partial charge in [0.15, 0.2) is 17.9 Å². The molecule has 162 valence electrons. The summed E-state index contributed by atoms with van der Waals surface area (Å²) in [6, 6.07) is 13.8. The molecule has 8 nitrogen and oxygen atoms in total. The van der Waals surface area contributed by atoms with Crippen molar-refractivity contribution in [3.8, 4) is 17.2 Å². The zero-order valence-corrected chi connectivity index (χ0v) is 18.2. The molecule has 3 aromatic carbocycles. The van der Waals surface area contributed by atoms with Gasteiger partial charge >= 0.3 is 0 Å². The number of non-ortho nitro benzene ring substituents is 1. The number of nitrogens with one attached hydrogen (secondary N) is 1. The van der Waals surface area contributed by atoms with Crippen LogP contribution >= 0.6 is 34.8 Å². The molecule has 0 radical (unpaired) electrons. The number of para-hydroxylation sites is 1. The topological polar surface area (TPSA) is 108 Å². The van der Waals surface area contributed by atoms with Gasteiger partial charge in [-0.2, -0.15) is 0 Å². The number of fused-ring (bicyclic) bond motifs is 1. The molecule has 0 aliphatic heterocycles. The monoisotopic (exact) mass is 491 g/mol. The van der Waals surface area contributed by atoms with Crippen LogP contribution in [0.4, 0.5) is 11.4 Å². The molecule has 0 bridgehead atoms. The predicted octanol–water partition coefficient (Wildman–Crippen LogP) is 6.38. The zero-order chi connectivity index (χ0) is 22.8. The normalized spacial score (nSPS) is 10.8. The molecule has 0 saturated carbocycles. The van der Waals surface area contributed by atoms with Crippen molar-refractivity contribution in [3.05, 3.63) is 79.8 Å². The van der Waals surface area contributed by atoms with Gasteiger partial charge in [-0.05, 0) is 30.3 Å². The molecule has 0 aliphatic carbocycles. The van der Waals surface area contributed by atoms with Crippen LogP contribution in [0.3, 0.4) is 0 Å². The van der Waals surface area contributed by atoms with Crippen LogP contribution in [-0.2, 0) is 4.79 Å². The summed E-state index contributed by atoms with van der Waals surface area (Å²) < 4.78 is 11.2. The summed E-state index contributed by atoms with van der Waals surface area (Å²) in [5.41, 5.74) is 1.50. The smallest absolute Gasteiger partial charge is 0.271 e. The SMILES string of the molecule is O=C(COc1c(Cl)cc(Cl)cc1Cl)Nc1ccccc1-c1nc2cc([N+](=O)[O-])ccc2o1. The number of nitro groups is 1. The molecule has 0 saturated heterocycles. The van der Waals surface area contributed by atoms with Crippen molar-refractivity contribution in [2.45, 2.75) is 0 Å². The van der Waals surface area contributed by atoms with Crippen LogP contribution in [-0.4, -0.2) is 22.4 Å². The van der Waals surface area contributed by atoms with Crippen molar-refractivity contribution in [2.24, 2.45) is 0 Å². The van der Waals surface area contributed by atoms with Gasteiger partial charge in [-0.15, -0.1) is 0 Å². The predicted molar refractivity (Wildman–Crippen MR) is 122 cm³/mol. The van der Waals surface area contributed by atoms with E-state index in [1.54, 1.807) is 24.3 Å². The van der Waals surface area contributed by atoms with E-state index in [2.05, 4.69) is 10.3 Å². The Morgan fingerprint density at radius 3 is 2.53 bits per heavy atom. The fraction of sp³-hybridized carbons (Fsp3) is 0.0476. The lowest BCUT2D eigenvalue weighted by molar-refractivity contribution is -0.384. The number of amides is 1. The standard InChI is InChI=1S/C21H12Cl3N3O5/c22-11-7-14(23)20(15(24)8-11)31-10-19(28)25-16-4-2-1-3-13(16)21-26-17-9-12(27(29)30)5-6-18(17)32-21/h1-9H,10H2,(H,25,28). The fourth-order valence-electron chi connectivity index (χ4n) is 2.91. The number of nitro benzene ring substituents is 1. The quantitative estimate of drug-likeness (QED) is 0.247. The highest BCUT2D eigenvalue weighted by Gasteiger charge is 2.17. The molecule has 4 rings (SSSR count). The van der Waals surface area contributed by atoms with Gasteiger partial charge in [-0.25, -0.2) is 4.98 Å². The molecular weight excluding hydrogens is 481 g/mol. The maximum Gasteiger partial charge on any atom is 0.271 e. The lowest BCUT2D eigenvalue weighted by atomic mass is 10.1. The fourth-order valence-corrected chi connectivity index (χ4v) is 3.84. The summed E-state index contributed by atoms with van der Waals surface area (Å²) >= 11 is 18.0. The van der Waals surface area contributed by atoms with Crippen LogP contribution in [0.1, 0.15) is 0 Å². The number of oxazole rings is 1. The first kappa shape index (κ1) is 21.9. The van der Waals surface area contributed by atoms with Crippen LogP contribution < -0.4 is 10.1 Å². The van der Waals surface area contributed by atoms with E-state index in [1.165, 1.54) is 30.3 Å². The second kappa shape index (κ2) is 9.04. The van der Waals surface area contributed by atoms with E-state index in [1.807, 2.05) is 0 Å². The maximum atomic E-state index is 12.5. The van der Waals surface area contributed by atoms with Gasteiger partial charge in [0, 0.05) is 17.2 Å². The summed E-state index contributed by atoms with van der Waals surface area (Å²) in [6.45, 7) is -0.366. The molecule has 4 aromatic rings. The van der Waals surface area contributed by atoms with Crippen molar-refractivity contribution in [1.82, 2.24) is 4.98 Å². The maximum absolute atomic E-state index is 12.5. The number of hydrogen-bond donors (Lipinski definition) is 1. The number of nitrogens with zero attached hydrogens (tertiary/aromatic N) is 2. The summed E-state index contributed by atoms with van der Waals surface area (Å²) in [6.07, 6.45) is 0. The highest BCUT2D eigenvalue weighted by Crippen LogP contribution is 2.36. The van der Waals surface area contributed by atoms with Crippen LogP contribution in [0.5, 0.6) is 5.75 Å². The molecule has 0 aliphatic rings. The first-order valence-corrected chi connectivity index (χ1v) is 10.2. The molecule has 0 unspecified atom stereocenters. The molecule has 0 fully saturated rings. The Labute approximate surface area is 195 Å². The largest absolute Gasteiger partial charge is 0.481 e. The average molecular weight is 493 g/mol. The summed E-state index contributed by atoms with van der Waals surface area (Å²) in [5, 5.41) is 14.4. The zero-order valence-electron chi connectivity index (χ0n) is 16.0. The third kappa shape index (κ3) is 4.62. The van der Waals surface area contributed by atoms with Gasteiger partial charge in [0.25, 0.3) is 11.6 Å². The van der Waals surface area contributed by atoms with E-state index in [-0.39, 0.29) is 34.0 Å². The first-order valence-electron chi connectivity index (χ1n) is 9.03.